The monoisotopic (exact) mass is 329 g/mol. The second kappa shape index (κ2) is 6.95. The van der Waals surface area contributed by atoms with Gasteiger partial charge in [0, 0.05) is 25.0 Å². The molecular weight excluding hydrogens is 306 g/mol. The number of nitrogens with zero attached hydrogens (tertiary/aromatic N) is 2. The number of ether oxygens (including phenoxy) is 2. The van der Waals surface area contributed by atoms with Crippen molar-refractivity contribution < 1.29 is 14.3 Å². The summed E-state index contributed by atoms with van der Waals surface area (Å²) in [6.45, 7) is 5.44. The number of benzene rings is 1. The Morgan fingerprint density at radius 3 is 3.08 bits per heavy atom. The van der Waals surface area contributed by atoms with Gasteiger partial charge in [0.1, 0.15) is 18.1 Å². The number of aromatic nitrogens is 2. The first-order valence-corrected chi connectivity index (χ1v) is 8.18. The van der Waals surface area contributed by atoms with Crippen molar-refractivity contribution in [1.82, 2.24) is 9.55 Å². The normalized spacial score (nSPS) is 16.4. The van der Waals surface area contributed by atoms with Crippen LogP contribution in [-0.4, -0.2) is 29.2 Å². The third kappa shape index (κ3) is 3.53. The van der Waals surface area contributed by atoms with Gasteiger partial charge in [-0.25, -0.2) is 4.98 Å². The molecule has 0 saturated carbocycles. The maximum Gasteiger partial charge on any atom is 0.233 e. The maximum absolute atomic E-state index is 12.6. The van der Waals surface area contributed by atoms with Crippen molar-refractivity contribution in [2.45, 2.75) is 26.8 Å². The molecule has 0 unspecified atom stereocenters. The van der Waals surface area contributed by atoms with Gasteiger partial charge in [-0.1, -0.05) is 19.9 Å². The van der Waals surface area contributed by atoms with Crippen molar-refractivity contribution in [2.75, 3.05) is 19.0 Å². The molecule has 1 aromatic heterocycles. The summed E-state index contributed by atoms with van der Waals surface area (Å²) in [4.78, 5) is 16.8. The molecule has 0 saturated heterocycles. The van der Waals surface area contributed by atoms with Gasteiger partial charge in [0.05, 0.1) is 13.0 Å². The lowest BCUT2D eigenvalue weighted by molar-refractivity contribution is -0.121. The first-order valence-electron chi connectivity index (χ1n) is 8.18. The van der Waals surface area contributed by atoms with Gasteiger partial charge in [0.15, 0.2) is 0 Å². The zero-order valence-electron chi connectivity index (χ0n) is 14.3. The van der Waals surface area contributed by atoms with Crippen LogP contribution in [0.4, 0.5) is 5.95 Å². The highest BCUT2D eigenvalue weighted by atomic mass is 16.5. The minimum atomic E-state index is -0.227. The second-order valence-corrected chi connectivity index (χ2v) is 6.47. The summed E-state index contributed by atoms with van der Waals surface area (Å²) in [5, 5.41) is 2.93. The van der Waals surface area contributed by atoms with Crippen molar-refractivity contribution in [3.05, 3.63) is 36.2 Å². The van der Waals surface area contributed by atoms with E-state index in [1.807, 2.05) is 29.0 Å². The third-order valence-electron chi connectivity index (χ3n) is 4.06. The lowest BCUT2D eigenvalue weighted by Gasteiger charge is -2.25. The highest BCUT2D eigenvalue weighted by Crippen LogP contribution is 2.31. The molecular formula is C18H23N3O3. The number of nitrogens with one attached hydrogen (secondary N) is 1. The molecule has 0 radical (unpaired) electrons. The molecule has 0 bridgehead atoms. The van der Waals surface area contributed by atoms with E-state index in [1.54, 1.807) is 13.3 Å². The number of hydrogen-bond donors (Lipinski definition) is 1. The van der Waals surface area contributed by atoms with E-state index in [-0.39, 0.29) is 11.8 Å². The number of amides is 1. The van der Waals surface area contributed by atoms with Crippen LogP contribution in [0.2, 0.25) is 0 Å². The summed E-state index contributed by atoms with van der Waals surface area (Å²) in [5.41, 5.74) is 1.02. The van der Waals surface area contributed by atoms with Crippen LogP contribution < -0.4 is 14.8 Å². The molecule has 0 aliphatic carbocycles. The van der Waals surface area contributed by atoms with Crippen molar-refractivity contribution >= 4 is 11.9 Å². The summed E-state index contributed by atoms with van der Waals surface area (Å²) >= 11 is 0. The molecule has 1 N–H and O–H groups in total. The fourth-order valence-corrected chi connectivity index (χ4v) is 2.83. The van der Waals surface area contributed by atoms with Gasteiger partial charge in [-0.3, -0.25) is 10.1 Å². The van der Waals surface area contributed by atoms with E-state index >= 15 is 0 Å². The average Bonchev–Trinajstić information content (AvgIpc) is 2.99. The van der Waals surface area contributed by atoms with E-state index in [0.29, 0.717) is 24.9 Å². The van der Waals surface area contributed by atoms with E-state index < -0.39 is 0 Å². The van der Waals surface area contributed by atoms with Crippen molar-refractivity contribution in [2.24, 2.45) is 11.8 Å². The van der Waals surface area contributed by atoms with Crippen LogP contribution in [-0.2, 0) is 17.8 Å². The van der Waals surface area contributed by atoms with Crippen LogP contribution >= 0.6 is 0 Å². The smallest absolute Gasteiger partial charge is 0.233 e. The molecule has 1 aliphatic heterocycles. The maximum atomic E-state index is 12.6. The van der Waals surface area contributed by atoms with E-state index in [2.05, 4.69) is 24.1 Å². The van der Waals surface area contributed by atoms with Gasteiger partial charge in [0.25, 0.3) is 0 Å². The lowest BCUT2D eigenvalue weighted by atomic mass is 9.96. The van der Waals surface area contributed by atoms with Crippen LogP contribution in [0.25, 0.3) is 0 Å². The average molecular weight is 329 g/mol. The Kier molecular flexibility index (Phi) is 4.74. The zero-order valence-corrected chi connectivity index (χ0v) is 14.3. The summed E-state index contributed by atoms with van der Waals surface area (Å²) in [7, 11) is 1.63. The number of carbonyl (C=O) groups excluding carboxylic acids is 1. The topological polar surface area (TPSA) is 65.4 Å². The standard InChI is InChI=1S/C18H23N3O3/c1-12(2)10-21-7-6-19-18(21)20-17(22)14-8-13-4-5-15(23-3)9-16(13)24-11-14/h4-7,9,12,14H,8,10-11H2,1-3H3,(H,19,20,22)/t14-/m1/s1. The molecule has 128 valence electrons. The highest BCUT2D eigenvalue weighted by Gasteiger charge is 2.27. The molecule has 1 aromatic carbocycles. The molecule has 2 aromatic rings. The fraction of sp³-hybridized carbons (Fsp3) is 0.444. The first kappa shape index (κ1) is 16.4. The number of anilines is 1. The molecule has 0 spiro atoms. The van der Waals surface area contributed by atoms with E-state index in [0.717, 1.165) is 23.6 Å². The van der Waals surface area contributed by atoms with Crippen LogP contribution in [0.1, 0.15) is 19.4 Å². The van der Waals surface area contributed by atoms with Crippen LogP contribution in [0.5, 0.6) is 11.5 Å². The van der Waals surface area contributed by atoms with Crippen molar-refractivity contribution in [3.63, 3.8) is 0 Å². The van der Waals surface area contributed by atoms with Gasteiger partial charge in [-0.15, -0.1) is 0 Å². The predicted molar refractivity (Wildman–Crippen MR) is 91.4 cm³/mol. The molecule has 1 aliphatic rings. The van der Waals surface area contributed by atoms with Crippen molar-refractivity contribution in [3.8, 4) is 11.5 Å². The molecule has 6 heteroatoms. The molecule has 1 atom stereocenters. The first-order chi connectivity index (χ1) is 11.6. The van der Waals surface area contributed by atoms with E-state index in [1.165, 1.54) is 0 Å². The Hall–Kier alpha value is -2.50. The fourth-order valence-electron chi connectivity index (χ4n) is 2.83. The molecule has 2 heterocycles. The Morgan fingerprint density at radius 2 is 2.33 bits per heavy atom. The van der Waals surface area contributed by atoms with Crippen molar-refractivity contribution in [1.29, 1.82) is 0 Å². The molecule has 0 fully saturated rings. The largest absolute Gasteiger partial charge is 0.497 e. The molecule has 3 rings (SSSR count). The number of rotatable bonds is 5. The summed E-state index contributed by atoms with van der Waals surface area (Å²) in [6, 6.07) is 5.70. The Bertz CT molecular complexity index is 724. The van der Waals surface area contributed by atoms with E-state index in [9.17, 15) is 4.79 Å². The predicted octanol–water partition coefficient (Wildman–Crippen LogP) is 2.74. The summed E-state index contributed by atoms with van der Waals surface area (Å²) in [5.74, 6) is 2.33. The van der Waals surface area contributed by atoms with Gasteiger partial charge in [-0.05, 0) is 24.0 Å². The summed E-state index contributed by atoms with van der Waals surface area (Å²) in [6.07, 6.45) is 4.24. The van der Waals surface area contributed by atoms with Crippen LogP contribution in [0, 0.1) is 11.8 Å². The third-order valence-corrected chi connectivity index (χ3v) is 4.06. The van der Waals surface area contributed by atoms with Gasteiger partial charge in [-0.2, -0.15) is 0 Å². The molecule has 24 heavy (non-hydrogen) atoms. The number of imidazole rings is 1. The number of fused-ring (bicyclic) bond motifs is 1. The molecule has 6 nitrogen and oxygen atoms in total. The van der Waals surface area contributed by atoms with Crippen LogP contribution in [0.15, 0.2) is 30.6 Å². The Morgan fingerprint density at radius 1 is 1.50 bits per heavy atom. The molecule has 1 amide bonds. The quantitative estimate of drug-likeness (QED) is 0.916. The number of methoxy groups -OCH3 is 1. The van der Waals surface area contributed by atoms with Crippen LogP contribution in [0.3, 0.4) is 0 Å². The summed E-state index contributed by atoms with van der Waals surface area (Å²) < 4.78 is 12.9. The zero-order chi connectivity index (χ0) is 17.1. The van der Waals surface area contributed by atoms with E-state index in [4.69, 9.17) is 9.47 Å². The SMILES string of the molecule is COc1ccc2c(c1)OC[C@H](C(=O)Nc1nccn1CC(C)C)C2. The van der Waals surface area contributed by atoms with Gasteiger partial charge in [0.2, 0.25) is 11.9 Å². The Labute approximate surface area is 141 Å². The van der Waals surface area contributed by atoms with Gasteiger partial charge < -0.3 is 14.0 Å². The number of hydrogen-bond acceptors (Lipinski definition) is 4. The highest BCUT2D eigenvalue weighted by molar-refractivity contribution is 5.91. The number of carbonyl (C=O) groups is 1. The van der Waals surface area contributed by atoms with Gasteiger partial charge >= 0.3 is 0 Å². The Balaban J connectivity index is 1.67. The minimum absolute atomic E-state index is 0.0623. The second-order valence-electron chi connectivity index (χ2n) is 6.47. The lowest BCUT2D eigenvalue weighted by Crippen LogP contribution is -2.33. The minimum Gasteiger partial charge on any atom is -0.497 e.